The van der Waals surface area contributed by atoms with Gasteiger partial charge in [-0.05, 0) is 6.42 Å². The smallest absolute Gasteiger partial charge is 0.322 e. The first kappa shape index (κ1) is 21.7. The van der Waals surface area contributed by atoms with Crippen LogP contribution in [-0.4, -0.2) is 65.6 Å². The number of nitrogens with one attached hydrogen (secondary N) is 3. The SMILES string of the molecule is NCC(=O)NC(CS)C(=O)NC(CCC(N)=O)C(=O)NCC(=O)O. The molecule has 0 spiro atoms. The van der Waals surface area contributed by atoms with Crippen LogP contribution in [0.3, 0.4) is 0 Å². The number of primary amides is 1. The van der Waals surface area contributed by atoms with Gasteiger partial charge in [0.25, 0.3) is 0 Å². The van der Waals surface area contributed by atoms with Crippen LogP contribution in [0, 0.1) is 0 Å². The summed E-state index contributed by atoms with van der Waals surface area (Å²) in [6.45, 7) is -0.983. The highest BCUT2D eigenvalue weighted by Gasteiger charge is 2.26. The van der Waals surface area contributed by atoms with Gasteiger partial charge in [0.05, 0.1) is 6.54 Å². The van der Waals surface area contributed by atoms with E-state index >= 15 is 0 Å². The van der Waals surface area contributed by atoms with Gasteiger partial charge in [0.2, 0.25) is 23.6 Å². The first-order valence-corrected chi connectivity index (χ1v) is 7.53. The van der Waals surface area contributed by atoms with Crippen LogP contribution >= 0.6 is 12.6 Å². The second kappa shape index (κ2) is 11.2. The summed E-state index contributed by atoms with van der Waals surface area (Å²) in [7, 11) is 0. The lowest BCUT2D eigenvalue weighted by Crippen LogP contribution is -2.55. The molecular formula is C12H21N5O6S. The van der Waals surface area contributed by atoms with Gasteiger partial charge in [0.15, 0.2) is 0 Å². The fourth-order valence-corrected chi connectivity index (χ4v) is 1.82. The average molecular weight is 363 g/mol. The van der Waals surface area contributed by atoms with E-state index in [4.69, 9.17) is 16.6 Å². The summed E-state index contributed by atoms with van der Waals surface area (Å²) < 4.78 is 0. The Morgan fingerprint density at radius 2 is 1.67 bits per heavy atom. The number of carbonyl (C=O) groups is 5. The van der Waals surface area contributed by atoms with Gasteiger partial charge in [-0.15, -0.1) is 0 Å². The molecular weight excluding hydrogens is 342 g/mol. The van der Waals surface area contributed by atoms with E-state index in [0.717, 1.165) is 0 Å². The molecule has 0 saturated carbocycles. The van der Waals surface area contributed by atoms with Crippen molar-refractivity contribution >= 4 is 42.2 Å². The zero-order chi connectivity index (χ0) is 18.7. The lowest BCUT2D eigenvalue weighted by Gasteiger charge is -2.21. The summed E-state index contributed by atoms with van der Waals surface area (Å²) >= 11 is 3.93. The van der Waals surface area contributed by atoms with E-state index in [1.54, 1.807) is 0 Å². The molecule has 8 N–H and O–H groups in total. The van der Waals surface area contributed by atoms with Gasteiger partial charge in [-0.2, -0.15) is 12.6 Å². The predicted octanol–water partition coefficient (Wildman–Crippen LogP) is -3.69. The van der Waals surface area contributed by atoms with Crippen molar-refractivity contribution < 1.29 is 29.1 Å². The van der Waals surface area contributed by atoms with Crippen LogP contribution in [0.4, 0.5) is 0 Å². The molecule has 2 atom stereocenters. The molecule has 0 aliphatic heterocycles. The van der Waals surface area contributed by atoms with E-state index in [9.17, 15) is 24.0 Å². The molecule has 0 aromatic carbocycles. The summed E-state index contributed by atoms with van der Waals surface area (Å²) in [4.78, 5) is 56.6. The van der Waals surface area contributed by atoms with Crippen molar-refractivity contribution in [3.63, 3.8) is 0 Å². The summed E-state index contributed by atoms with van der Waals surface area (Å²) in [5.74, 6) is -4.14. The standard InChI is InChI=1S/C12H21N5O6S/c13-3-9(19)16-7(5-24)12(23)17-6(1-2-8(14)18)11(22)15-4-10(20)21/h6-7,24H,1-5,13H2,(H2,14,18)(H,15,22)(H,16,19)(H,17,23)(H,20,21). The molecule has 2 unspecified atom stereocenters. The number of rotatable bonds is 11. The molecule has 0 aliphatic rings. The zero-order valence-corrected chi connectivity index (χ0v) is 13.7. The molecule has 0 aromatic rings. The molecule has 24 heavy (non-hydrogen) atoms. The second-order valence-corrected chi connectivity index (χ2v) is 5.05. The lowest BCUT2D eigenvalue weighted by molar-refractivity contribution is -0.138. The Bertz CT molecular complexity index is 500. The van der Waals surface area contributed by atoms with Gasteiger partial charge in [0, 0.05) is 12.2 Å². The number of nitrogens with two attached hydrogens (primary N) is 2. The number of amides is 4. The monoisotopic (exact) mass is 363 g/mol. The Morgan fingerprint density at radius 1 is 1.04 bits per heavy atom. The predicted molar refractivity (Wildman–Crippen MR) is 85.8 cm³/mol. The topological polar surface area (TPSA) is 194 Å². The van der Waals surface area contributed by atoms with Gasteiger partial charge in [-0.1, -0.05) is 0 Å². The number of aliphatic carboxylic acids is 1. The first-order chi connectivity index (χ1) is 11.2. The molecule has 0 fully saturated rings. The lowest BCUT2D eigenvalue weighted by atomic mass is 10.1. The van der Waals surface area contributed by atoms with Crippen LogP contribution in [0.1, 0.15) is 12.8 Å². The van der Waals surface area contributed by atoms with Gasteiger partial charge < -0.3 is 32.5 Å². The van der Waals surface area contributed by atoms with Crippen molar-refractivity contribution in [1.82, 2.24) is 16.0 Å². The van der Waals surface area contributed by atoms with E-state index in [1.807, 2.05) is 0 Å². The Hall–Kier alpha value is -2.34. The van der Waals surface area contributed by atoms with Crippen LogP contribution in [0.2, 0.25) is 0 Å². The third-order valence-corrected chi connectivity index (χ3v) is 3.11. The molecule has 4 amide bonds. The average Bonchev–Trinajstić information content (AvgIpc) is 2.53. The molecule has 0 bridgehead atoms. The van der Waals surface area contributed by atoms with E-state index in [0.29, 0.717) is 0 Å². The summed E-state index contributed by atoms with van der Waals surface area (Å²) in [6, 6.07) is -2.24. The number of thiol groups is 1. The van der Waals surface area contributed by atoms with E-state index in [-0.39, 0.29) is 25.1 Å². The quantitative estimate of drug-likeness (QED) is 0.183. The third-order valence-electron chi connectivity index (χ3n) is 2.75. The fraction of sp³-hybridized carbons (Fsp3) is 0.583. The minimum absolute atomic E-state index is 0.0587. The number of carbonyl (C=O) groups excluding carboxylic acids is 4. The molecule has 0 aromatic heterocycles. The first-order valence-electron chi connectivity index (χ1n) is 6.89. The van der Waals surface area contributed by atoms with Gasteiger partial charge in [-0.25, -0.2) is 0 Å². The van der Waals surface area contributed by atoms with Crippen molar-refractivity contribution in [3.8, 4) is 0 Å². The molecule has 0 saturated heterocycles. The zero-order valence-electron chi connectivity index (χ0n) is 12.8. The Kier molecular flexibility index (Phi) is 10.1. The molecule has 0 radical (unpaired) electrons. The second-order valence-electron chi connectivity index (χ2n) is 4.68. The third kappa shape index (κ3) is 8.95. The molecule has 0 rings (SSSR count). The van der Waals surface area contributed by atoms with Crippen LogP contribution in [0.25, 0.3) is 0 Å². The maximum Gasteiger partial charge on any atom is 0.322 e. The van der Waals surface area contributed by atoms with E-state index in [1.165, 1.54) is 0 Å². The van der Waals surface area contributed by atoms with Crippen LogP contribution in [0.5, 0.6) is 0 Å². The minimum Gasteiger partial charge on any atom is -0.480 e. The minimum atomic E-state index is -1.27. The Balaban J connectivity index is 4.90. The van der Waals surface area contributed by atoms with Crippen molar-refractivity contribution in [2.45, 2.75) is 24.9 Å². The number of carboxylic acids is 1. The van der Waals surface area contributed by atoms with E-state index < -0.39 is 48.2 Å². The van der Waals surface area contributed by atoms with Gasteiger partial charge in [0.1, 0.15) is 18.6 Å². The molecule has 0 heterocycles. The Morgan fingerprint density at radius 3 is 2.12 bits per heavy atom. The van der Waals surface area contributed by atoms with Crippen LogP contribution in [0.15, 0.2) is 0 Å². The summed E-state index contributed by atoms with van der Waals surface area (Å²) in [5, 5.41) is 15.3. The number of carboxylic acid groups (broad SMARTS) is 1. The van der Waals surface area contributed by atoms with Gasteiger partial charge >= 0.3 is 5.97 Å². The van der Waals surface area contributed by atoms with E-state index in [2.05, 4.69) is 28.6 Å². The summed E-state index contributed by atoms with van der Waals surface area (Å²) in [5.41, 5.74) is 10.1. The van der Waals surface area contributed by atoms with Crippen LogP contribution in [-0.2, 0) is 24.0 Å². The van der Waals surface area contributed by atoms with Crippen molar-refractivity contribution in [2.75, 3.05) is 18.8 Å². The van der Waals surface area contributed by atoms with Crippen molar-refractivity contribution in [3.05, 3.63) is 0 Å². The highest BCUT2D eigenvalue weighted by atomic mass is 32.1. The maximum atomic E-state index is 12.1. The highest BCUT2D eigenvalue weighted by Crippen LogP contribution is 2.00. The molecule has 136 valence electrons. The molecule has 0 aliphatic carbocycles. The molecule has 12 heteroatoms. The number of hydrogen-bond donors (Lipinski definition) is 7. The van der Waals surface area contributed by atoms with Crippen molar-refractivity contribution in [1.29, 1.82) is 0 Å². The highest BCUT2D eigenvalue weighted by molar-refractivity contribution is 7.80. The fourth-order valence-electron chi connectivity index (χ4n) is 1.56. The maximum absolute atomic E-state index is 12.1. The van der Waals surface area contributed by atoms with Crippen molar-refractivity contribution in [2.24, 2.45) is 11.5 Å². The number of hydrogen-bond acceptors (Lipinski definition) is 7. The largest absolute Gasteiger partial charge is 0.480 e. The normalized spacial score (nSPS) is 12.6. The summed E-state index contributed by atoms with van der Waals surface area (Å²) in [6.07, 6.45) is -0.331. The molecule has 11 nitrogen and oxygen atoms in total. The Labute approximate surface area is 143 Å². The van der Waals surface area contributed by atoms with Crippen LogP contribution < -0.4 is 27.4 Å². The van der Waals surface area contributed by atoms with Gasteiger partial charge in [-0.3, -0.25) is 24.0 Å².